The second kappa shape index (κ2) is 8.13. The molecular weight excluding hydrogens is 290 g/mol. The van der Waals surface area contributed by atoms with Crippen molar-refractivity contribution in [3.05, 3.63) is 65.2 Å². The minimum absolute atomic E-state index is 0.103. The highest BCUT2D eigenvalue weighted by Gasteiger charge is 2.11. The Balaban J connectivity index is 2.00. The lowest BCUT2D eigenvalue weighted by Gasteiger charge is -2.11. The summed E-state index contributed by atoms with van der Waals surface area (Å²) in [7, 11) is 0. The van der Waals surface area contributed by atoms with E-state index in [1.807, 2.05) is 24.3 Å². The van der Waals surface area contributed by atoms with E-state index in [-0.39, 0.29) is 17.9 Å². The summed E-state index contributed by atoms with van der Waals surface area (Å²) in [6.45, 7) is 2.10. The molecule has 0 unspecified atom stereocenters. The number of carboxylic acids is 1. The summed E-state index contributed by atoms with van der Waals surface area (Å²) in [4.78, 5) is 23.3. The van der Waals surface area contributed by atoms with E-state index in [2.05, 4.69) is 12.2 Å². The van der Waals surface area contributed by atoms with Crippen molar-refractivity contribution in [2.75, 3.05) is 5.32 Å². The average Bonchev–Trinajstić information content (AvgIpc) is 2.55. The Morgan fingerprint density at radius 1 is 0.957 bits per heavy atom. The summed E-state index contributed by atoms with van der Waals surface area (Å²) >= 11 is 0. The van der Waals surface area contributed by atoms with E-state index in [4.69, 9.17) is 5.11 Å². The molecule has 0 radical (unpaired) electrons. The van der Waals surface area contributed by atoms with Crippen LogP contribution >= 0.6 is 0 Å². The molecule has 0 aromatic heterocycles. The molecule has 0 spiro atoms. The van der Waals surface area contributed by atoms with Crippen LogP contribution in [-0.2, 0) is 17.6 Å². The van der Waals surface area contributed by atoms with Gasteiger partial charge < -0.3 is 10.4 Å². The Kier molecular flexibility index (Phi) is 5.92. The molecule has 0 saturated carbocycles. The molecule has 0 saturated heterocycles. The lowest BCUT2D eigenvalue weighted by Crippen LogP contribution is -2.14. The summed E-state index contributed by atoms with van der Waals surface area (Å²) in [6.07, 6.45) is 2.59. The second-order valence-corrected chi connectivity index (χ2v) is 5.42. The van der Waals surface area contributed by atoms with Gasteiger partial charge in [0.1, 0.15) is 0 Å². The molecule has 0 bridgehead atoms. The Morgan fingerprint density at radius 2 is 1.61 bits per heavy atom. The van der Waals surface area contributed by atoms with Crippen LogP contribution in [0.3, 0.4) is 0 Å². The highest BCUT2D eigenvalue weighted by molar-refractivity contribution is 5.92. The quantitative estimate of drug-likeness (QED) is 0.814. The number of aryl methyl sites for hydroxylation is 2. The molecule has 4 heteroatoms. The average molecular weight is 311 g/mol. The number of rotatable bonds is 7. The third-order valence-corrected chi connectivity index (χ3v) is 3.68. The molecule has 0 aliphatic rings. The fourth-order valence-electron chi connectivity index (χ4n) is 2.54. The van der Waals surface area contributed by atoms with Gasteiger partial charge in [-0.1, -0.05) is 49.7 Å². The maximum atomic E-state index is 12.2. The first-order valence-corrected chi connectivity index (χ1v) is 7.80. The van der Waals surface area contributed by atoms with Gasteiger partial charge in [0.05, 0.1) is 5.56 Å². The number of carboxylic acid groups (broad SMARTS) is 1. The van der Waals surface area contributed by atoms with Crippen LogP contribution in [0, 0.1) is 0 Å². The fraction of sp³-hybridized carbons (Fsp3) is 0.263. The van der Waals surface area contributed by atoms with E-state index in [1.165, 1.54) is 0 Å². The standard InChI is InChI=1S/C19H21NO3/c1-2-7-15-9-4-6-11-17(15)20-18(21)13-12-14-8-3-5-10-16(14)19(22)23/h3-6,8-11H,2,7,12-13H2,1H3,(H,20,21)(H,22,23). The van der Waals surface area contributed by atoms with Crippen LogP contribution in [0.1, 0.15) is 41.3 Å². The first-order chi connectivity index (χ1) is 11.1. The number of nitrogens with one attached hydrogen (secondary N) is 1. The summed E-state index contributed by atoms with van der Waals surface area (Å²) < 4.78 is 0. The zero-order valence-corrected chi connectivity index (χ0v) is 13.2. The predicted octanol–water partition coefficient (Wildman–Crippen LogP) is 3.91. The molecular formula is C19H21NO3. The van der Waals surface area contributed by atoms with Gasteiger partial charge in [-0.15, -0.1) is 0 Å². The highest BCUT2D eigenvalue weighted by Crippen LogP contribution is 2.18. The highest BCUT2D eigenvalue weighted by atomic mass is 16.4. The van der Waals surface area contributed by atoms with Gasteiger partial charge in [0.2, 0.25) is 5.91 Å². The summed E-state index contributed by atoms with van der Waals surface area (Å²) in [5.41, 5.74) is 2.89. The number of carbonyl (C=O) groups excluding carboxylic acids is 1. The van der Waals surface area contributed by atoms with Crippen LogP contribution < -0.4 is 5.32 Å². The zero-order valence-electron chi connectivity index (χ0n) is 13.2. The van der Waals surface area contributed by atoms with E-state index in [0.29, 0.717) is 12.0 Å². The lowest BCUT2D eigenvalue weighted by molar-refractivity contribution is -0.116. The van der Waals surface area contributed by atoms with Gasteiger partial charge in [-0.2, -0.15) is 0 Å². The van der Waals surface area contributed by atoms with Gasteiger partial charge in [-0.05, 0) is 36.1 Å². The van der Waals surface area contributed by atoms with Crippen molar-refractivity contribution in [2.45, 2.75) is 32.6 Å². The van der Waals surface area contributed by atoms with E-state index in [0.717, 1.165) is 24.1 Å². The fourth-order valence-corrected chi connectivity index (χ4v) is 2.54. The monoisotopic (exact) mass is 311 g/mol. The van der Waals surface area contributed by atoms with Crippen LogP contribution in [0.2, 0.25) is 0 Å². The minimum Gasteiger partial charge on any atom is -0.478 e. The van der Waals surface area contributed by atoms with Crippen molar-refractivity contribution in [2.24, 2.45) is 0 Å². The Hall–Kier alpha value is -2.62. The summed E-state index contributed by atoms with van der Waals surface area (Å²) in [6, 6.07) is 14.6. The molecule has 0 heterocycles. The first kappa shape index (κ1) is 16.7. The van der Waals surface area contributed by atoms with Crippen molar-refractivity contribution in [1.82, 2.24) is 0 Å². The largest absolute Gasteiger partial charge is 0.478 e. The van der Waals surface area contributed by atoms with Crippen LogP contribution in [0.15, 0.2) is 48.5 Å². The van der Waals surface area contributed by atoms with Gasteiger partial charge >= 0.3 is 5.97 Å². The van der Waals surface area contributed by atoms with Crippen LogP contribution in [0.25, 0.3) is 0 Å². The van der Waals surface area contributed by atoms with Crippen LogP contribution in [0.4, 0.5) is 5.69 Å². The second-order valence-electron chi connectivity index (χ2n) is 5.42. The van der Waals surface area contributed by atoms with Crippen molar-refractivity contribution in [3.63, 3.8) is 0 Å². The third kappa shape index (κ3) is 4.68. The van der Waals surface area contributed by atoms with Crippen molar-refractivity contribution >= 4 is 17.6 Å². The van der Waals surface area contributed by atoms with E-state index in [1.54, 1.807) is 24.3 Å². The predicted molar refractivity (Wildman–Crippen MR) is 90.8 cm³/mol. The van der Waals surface area contributed by atoms with Crippen LogP contribution in [-0.4, -0.2) is 17.0 Å². The van der Waals surface area contributed by atoms with Gasteiger partial charge in [0.25, 0.3) is 0 Å². The molecule has 2 aromatic rings. The number of hydrogen-bond acceptors (Lipinski definition) is 2. The minimum atomic E-state index is -0.964. The molecule has 2 aromatic carbocycles. The van der Waals surface area contributed by atoms with Crippen LogP contribution in [0.5, 0.6) is 0 Å². The molecule has 1 amide bonds. The SMILES string of the molecule is CCCc1ccccc1NC(=O)CCc1ccccc1C(=O)O. The topological polar surface area (TPSA) is 66.4 Å². The smallest absolute Gasteiger partial charge is 0.335 e. The molecule has 2 N–H and O–H groups in total. The normalized spacial score (nSPS) is 10.3. The maximum absolute atomic E-state index is 12.2. The molecule has 0 aliphatic carbocycles. The van der Waals surface area contributed by atoms with E-state index in [9.17, 15) is 9.59 Å². The molecule has 4 nitrogen and oxygen atoms in total. The molecule has 120 valence electrons. The molecule has 0 fully saturated rings. The Labute approximate surface area is 136 Å². The maximum Gasteiger partial charge on any atom is 0.335 e. The molecule has 23 heavy (non-hydrogen) atoms. The zero-order chi connectivity index (χ0) is 16.7. The summed E-state index contributed by atoms with van der Waals surface area (Å²) in [5.74, 6) is -1.07. The number of carbonyl (C=O) groups is 2. The van der Waals surface area contributed by atoms with Gasteiger partial charge in [0, 0.05) is 12.1 Å². The van der Waals surface area contributed by atoms with Crippen molar-refractivity contribution < 1.29 is 14.7 Å². The van der Waals surface area contributed by atoms with E-state index >= 15 is 0 Å². The number of amides is 1. The lowest BCUT2D eigenvalue weighted by atomic mass is 10.0. The number of aromatic carboxylic acids is 1. The molecule has 0 aliphatic heterocycles. The third-order valence-electron chi connectivity index (χ3n) is 3.68. The van der Waals surface area contributed by atoms with E-state index < -0.39 is 5.97 Å². The number of benzene rings is 2. The number of anilines is 1. The molecule has 2 rings (SSSR count). The van der Waals surface area contributed by atoms with Gasteiger partial charge in [-0.25, -0.2) is 4.79 Å². The number of hydrogen-bond donors (Lipinski definition) is 2. The van der Waals surface area contributed by atoms with Gasteiger partial charge in [-0.3, -0.25) is 4.79 Å². The van der Waals surface area contributed by atoms with Crippen molar-refractivity contribution in [1.29, 1.82) is 0 Å². The number of para-hydroxylation sites is 1. The Bertz CT molecular complexity index is 695. The first-order valence-electron chi connectivity index (χ1n) is 7.80. The Morgan fingerprint density at radius 3 is 2.30 bits per heavy atom. The van der Waals surface area contributed by atoms with Gasteiger partial charge in [0.15, 0.2) is 0 Å². The molecule has 0 atom stereocenters. The summed E-state index contributed by atoms with van der Waals surface area (Å²) in [5, 5.41) is 12.1. The van der Waals surface area contributed by atoms with Crippen molar-refractivity contribution in [3.8, 4) is 0 Å².